The van der Waals surface area contributed by atoms with E-state index in [0.29, 0.717) is 11.4 Å². The number of hydrogen-bond donors (Lipinski definition) is 0. The molecule has 0 fully saturated rings. The van der Waals surface area contributed by atoms with Crippen LogP contribution in [0, 0.1) is 6.92 Å². The summed E-state index contributed by atoms with van der Waals surface area (Å²) >= 11 is 0. The molecule has 0 unspecified atom stereocenters. The van der Waals surface area contributed by atoms with E-state index in [1.807, 2.05) is 0 Å². The van der Waals surface area contributed by atoms with Crippen molar-refractivity contribution in [1.29, 1.82) is 0 Å². The number of benzene rings is 2. The molecule has 0 atom stereocenters. The first-order chi connectivity index (χ1) is 18.9. The molecule has 1 aliphatic heterocycles. The van der Waals surface area contributed by atoms with E-state index < -0.39 is 35.9 Å². The largest absolute Gasteiger partial charge is 0.573 e. The van der Waals surface area contributed by atoms with E-state index in [9.17, 15) is 32.3 Å². The molecule has 0 radical (unpaired) electrons. The van der Waals surface area contributed by atoms with Crippen LogP contribution in [0.3, 0.4) is 0 Å². The summed E-state index contributed by atoms with van der Waals surface area (Å²) in [7, 11) is 2.27. The highest BCUT2D eigenvalue weighted by Crippen LogP contribution is 2.36. The number of anilines is 1. The Morgan fingerprint density at radius 3 is 2.02 bits per heavy atom. The van der Waals surface area contributed by atoms with Gasteiger partial charge in [-0.05, 0) is 49.4 Å². The van der Waals surface area contributed by atoms with Crippen molar-refractivity contribution >= 4 is 40.5 Å². The maximum absolute atomic E-state index is 13.7. The van der Waals surface area contributed by atoms with E-state index in [-0.39, 0.29) is 39.0 Å². The average molecular weight is 554 g/mol. The van der Waals surface area contributed by atoms with Gasteiger partial charge in [0.05, 0.1) is 58.9 Å². The van der Waals surface area contributed by atoms with Crippen LogP contribution in [0.1, 0.15) is 47.1 Å². The van der Waals surface area contributed by atoms with Gasteiger partial charge in [-0.25, -0.2) is 24.2 Å². The SMILES string of the molecule is COC(=O)c1cc(C(=O)OC)cc(N2C(=O)c3cnc4c(c(C)nn4-c4ccc(OC(F)(F)F)cc4)c3C2=O)c1. The summed E-state index contributed by atoms with van der Waals surface area (Å²) in [5, 5.41) is 4.62. The van der Waals surface area contributed by atoms with Crippen molar-refractivity contribution in [2.24, 2.45) is 0 Å². The predicted molar refractivity (Wildman–Crippen MR) is 131 cm³/mol. The van der Waals surface area contributed by atoms with E-state index in [1.165, 1.54) is 41.2 Å². The number of esters is 2. The lowest BCUT2D eigenvalue weighted by Gasteiger charge is -2.16. The molecule has 11 nitrogen and oxygen atoms in total. The Kier molecular flexibility index (Phi) is 6.24. The summed E-state index contributed by atoms with van der Waals surface area (Å²) in [4.78, 5) is 56.6. The molecule has 0 saturated heterocycles. The third-order valence-corrected chi connectivity index (χ3v) is 6.05. The fourth-order valence-electron chi connectivity index (χ4n) is 4.38. The highest BCUT2D eigenvalue weighted by molar-refractivity contribution is 6.37. The van der Waals surface area contributed by atoms with Crippen LogP contribution in [0.15, 0.2) is 48.7 Å². The molecule has 204 valence electrons. The number of hydrogen-bond acceptors (Lipinski definition) is 9. The summed E-state index contributed by atoms with van der Waals surface area (Å²) in [5.41, 5.74) is 0.481. The standard InChI is InChI=1S/C26H17F3N4O7/c1-12-19-20-18(11-30-21(19)33(31-12)15-4-6-17(7-5-15)40-26(27,28)29)22(34)32(23(20)35)16-9-13(24(36)38-2)8-14(10-16)25(37)39-3/h4-11H,1-3H3. The maximum Gasteiger partial charge on any atom is 0.573 e. The van der Waals surface area contributed by atoms with Gasteiger partial charge >= 0.3 is 18.3 Å². The molecule has 0 N–H and O–H groups in total. The molecule has 2 aromatic heterocycles. The van der Waals surface area contributed by atoms with Crippen molar-refractivity contribution in [3.63, 3.8) is 0 Å². The third kappa shape index (κ3) is 4.38. The Labute approximate surface area is 222 Å². The van der Waals surface area contributed by atoms with Gasteiger partial charge in [-0.3, -0.25) is 9.59 Å². The fraction of sp³-hybridized carbons (Fsp3) is 0.154. The summed E-state index contributed by atoms with van der Waals surface area (Å²) in [6, 6.07) is 8.52. The van der Waals surface area contributed by atoms with E-state index in [4.69, 9.17) is 9.47 Å². The minimum Gasteiger partial charge on any atom is -0.465 e. The molecule has 0 saturated carbocycles. The summed E-state index contributed by atoms with van der Waals surface area (Å²) < 4.78 is 52.2. The number of carbonyl (C=O) groups is 4. The zero-order chi connectivity index (χ0) is 28.9. The Morgan fingerprint density at radius 1 is 0.875 bits per heavy atom. The first kappa shape index (κ1) is 26.3. The van der Waals surface area contributed by atoms with Gasteiger partial charge < -0.3 is 14.2 Å². The number of methoxy groups -OCH3 is 2. The van der Waals surface area contributed by atoms with Gasteiger partial charge in [0.1, 0.15) is 5.75 Å². The van der Waals surface area contributed by atoms with Crippen LogP contribution < -0.4 is 9.64 Å². The number of halogens is 3. The molecule has 0 aliphatic carbocycles. The monoisotopic (exact) mass is 554 g/mol. The lowest BCUT2D eigenvalue weighted by atomic mass is 10.1. The van der Waals surface area contributed by atoms with Gasteiger partial charge in [0.2, 0.25) is 0 Å². The van der Waals surface area contributed by atoms with Crippen LogP contribution in [0.2, 0.25) is 0 Å². The molecule has 14 heteroatoms. The van der Waals surface area contributed by atoms with E-state index in [0.717, 1.165) is 31.3 Å². The molecule has 2 aromatic carbocycles. The number of alkyl halides is 3. The zero-order valence-corrected chi connectivity index (χ0v) is 20.9. The Bertz CT molecular complexity index is 1690. The third-order valence-electron chi connectivity index (χ3n) is 6.05. The molecule has 4 aromatic rings. The first-order valence-corrected chi connectivity index (χ1v) is 11.4. The molecule has 1 aliphatic rings. The first-order valence-electron chi connectivity index (χ1n) is 11.4. The van der Waals surface area contributed by atoms with Crippen LogP contribution in [0.25, 0.3) is 16.7 Å². The van der Waals surface area contributed by atoms with Gasteiger partial charge in [-0.2, -0.15) is 5.10 Å². The average Bonchev–Trinajstić information content (AvgIpc) is 3.39. The van der Waals surface area contributed by atoms with Crippen LogP contribution in [0.4, 0.5) is 18.9 Å². The number of aromatic nitrogens is 3. The Morgan fingerprint density at radius 2 is 1.48 bits per heavy atom. The molecular formula is C26H17F3N4O7. The van der Waals surface area contributed by atoms with Gasteiger partial charge in [-0.1, -0.05) is 0 Å². The van der Waals surface area contributed by atoms with Crippen LogP contribution >= 0.6 is 0 Å². The molecular weight excluding hydrogens is 537 g/mol. The summed E-state index contributed by atoms with van der Waals surface area (Å²) in [6.45, 7) is 1.58. The normalized spacial score (nSPS) is 13.0. The Hall–Kier alpha value is -5.27. The molecule has 0 bridgehead atoms. The minimum absolute atomic E-state index is 0.0149. The molecule has 3 heterocycles. The number of carbonyl (C=O) groups excluding carboxylic acids is 4. The molecule has 40 heavy (non-hydrogen) atoms. The van der Waals surface area contributed by atoms with Gasteiger partial charge in [0, 0.05) is 6.20 Å². The topological polar surface area (TPSA) is 130 Å². The van der Waals surface area contributed by atoms with Crippen LogP contribution in [-0.2, 0) is 9.47 Å². The number of fused-ring (bicyclic) bond motifs is 3. The smallest absolute Gasteiger partial charge is 0.465 e. The quantitative estimate of drug-likeness (QED) is 0.265. The maximum atomic E-state index is 13.7. The van der Waals surface area contributed by atoms with Crippen molar-refractivity contribution in [3.8, 4) is 11.4 Å². The number of nitrogens with zero attached hydrogens (tertiary/aromatic N) is 4. The number of rotatable bonds is 5. The minimum atomic E-state index is -4.86. The van der Waals surface area contributed by atoms with E-state index >= 15 is 0 Å². The molecule has 5 rings (SSSR count). The summed E-state index contributed by atoms with van der Waals surface area (Å²) in [5.74, 6) is -3.57. The number of imide groups is 1. The predicted octanol–water partition coefficient (Wildman–Crippen LogP) is 4.00. The van der Waals surface area contributed by atoms with Crippen molar-refractivity contribution in [1.82, 2.24) is 14.8 Å². The summed E-state index contributed by atoms with van der Waals surface area (Å²) in [6.07, 6.45) is -3.67. The van der Waals surface area contributed by atoms with Gasteiger partial charge in [0.15, 0.2) is 5.65 Å². The number of amides is 2. The number of pyridine rings is 1. The number of aryl methyl sites for hydroxylation is 1. The van der Waals surface area contributed by atoms with Gasteiger partial charge in [-0.15, -0.1) is 13.2 Å². The second kappa shape index (κ2) is 9.48. The van der Waals surface area contributed by atoms with Crippen molar-refractivity contribution in [2.75, 3.05) is 19.1 Å². The highest BCUT2D eigenvalue weighted by Gasteiger charge is 2.40. The van der Waals surface area contributed by atoms with E-state index in [1.54, 1.807) is 6.92 Å². The number of ether oxygens (including phenoxy) is 3. The fourth-order valence-corrected chi connectivity index (χ4v) is 4.38. The lowest BCUT2D eigenvalue weighted by molar-refractivity contribution is -0.274. The van der Waals surface area contributed by atoms with Crippen molar-refractivity contribution in [3.05, 3.63) is 76.6 Å². The molecule has 0 spiro atoms. The zero-order valence-electron chi connectivity index (χ0n) is 20.9. The molecule has 2 amide bonds. The highest BCUT2D eigenvalue weighted by atomic mass is 19.4. The second-order valence-corrected chi connectivity index (χ2v) is 8.48. The lowest BCUT2D eigenvalue weighted by Crippen LogP contribution is -2.30. The Balaban J connectivity index is 1.60. The van der Waals surface area contributed by atoms with Crippen molar-refractivity contribution in [2.45, 2.75) is 13.3 Å². The van der Waals surface area contributed by atoms with Crippen LogP contribution in [-0.4, -0.2) is 59.1 Å². The second-order valence-electron chi connectivity index (χ2n) is 8.48. The van der Waals surface area contributed by atoms with Gasteiger partial charge in [0.25, 0.3) is 11.8 Å². The van der Waals surface area contributed by atoms with Crippen LogP contribution in [0.5, 0.6) is 5.75 Å². The van der Waals surface area contributed by atoms with Crippen molar-refractivity contribution < 1.29 is 46.6 Å². The van der Waals surface area contributed by atoms with E-state index in [2.05, 4.69) is 14.8 Å².